The Labute approximate surface area is 195 Å². The second kappa shape index (κ2) is 11.5. The highest BCUT2D eigenvalue weighted by atomic mass is 16.5. The Morgan fingerprint density at radius 2 is 1.62 bits per heavy atom. The maximum absolute atomic E-state index is 13.3. The standard InChI is InChI=1S/C28H44O4/c1-4-6-8-10-12-14-16-32-26(30)28-19-23-17-22(24(23)20-28)18-27(3,21-28)25(29)31-15-13-11-9-7-5-2/h5,9,22-24H,4,6,8,10-21H2,1-3H3. The minimum absolute atomic E-state index is 0.0448. The molecule has 180 valence electrons. The molecule has 0 amide bonds. The largest absolute Gasteiger partial charge is 0.465 e. The van der Waals surface area contributed by atoms with Gasteiger partial charge >= 0.3 is 11.9 Å². The molecule has 2 bridgehead atoms. The van der Waals surface area contributed by atoms with Gasteiger partial charge in [0.25, 0.3) is 0 Å². The zero-order chi connectivity index (χ0) is 23.0. The third-order valence-corrected chi connectivity index (χ3v) is 8.20. The average molecular weight is 445 g/mol. The van der Waals surface area contributed by atoms with Crippen LogP contribution in [0.3, 0.4) is 0 Å². The first-order chi connectivity index (χ1) is 15.4. The number of fused-ring (bicyclic) bond motifs is 1. The van der Waals surface area contributed by atoms with Crippen molar-refractivity contribution in [2.24, 2.45) is 28.6 Å². The van der Waals surface area contributed by atoms with Gasteiger partial charge in [-0.25, -0.2) is 0 Å². The van der Waals surface area contributed by atoms with E-state index in [2.05, 4.69) is 12.7 Å². The van der Waals surface area contributed by atoms with Crippen molar-refractivity contribution >= 4 is 11.9 Å². The fraction of sp³-hybridized carbons (Fsp3) is 0.821. The topological polar surface area (TPSA) is 52.6 Å². The summed E-state index contributed by atoms with van der Waals surface area (Å²) in [6, 6.07) is 0. The number of ether oxygens (including phenoxy) is 2. The van der Waals surface area contributed by atoms with E-state index in [1.165, 1.54) is 25.7 Å². The number of esters is 2. The van der Waals surface area contributed by atoms with Gasteiger partial charge in [0, 0.05) is 0 Å². The fourth-order valence-electron chi connectivity index (χ4n) is 6.63. The summed E-state index contributed by atoms with van der Waals surface area (Å²) >= 11 is 0. The van der Waals surface area contributed by atoms with Crippen LogP contribution in [0.25, 0.3) is 0 Å². The molecule has 5 unspecified atom stereocenters. The number of unbranched alkanes of at least 4 members (excludes halogenated alkanes) is 6. The van der Waals surface area contributed by atoms with Gasteiger partial charge in [-0.2, -0.15) is 0 Å². The van der Waals surface area contributed by atoms with Crippen molar-refractivity contribution in [3.63, 3.8) is 0 Å². The zero-order valence-corrected chi connectivity index (χ0v) is 20.6. The number of hydrogen-bond donors (Lipinski definition) is 0. The lowest BCUT2D eigenvalue weighted by Gasteiger charge is -2.45. The SMILES string of the molecule is CC=C=CCCCOC(=O)C1(C)CC2CC3CC(C(=O)OCCCCCCCC)(CC23)C1. The predicted octanol–water partition coefficient (Wildman–Crippen LogP) is 6.78. The van der Waals surface area contributed by atoms with Crippen LogP contribution in [0.5, 0.6) is 0 Å². The van der Waals surface area contributed by atoms with Crippen molar-refractivity contribution < 1.29 is 19.1 Å². The Balaban J connectivity index is 1.54. The predicted molar refractivity (Wildman–Crippen MR) is 127 cm³/mol. The molecule has 0 radical (unpaired) electrons. The van der Waals surface area contributed by atoms with Gasteiger partial charge in [-0.15, -0.1) is 5.73 Å². The Bertz CT molecular complexity index is 706. The molecular formula is C28H44O4. The molecule has 0 aromatic rings. The van der Waals surface area contributed by atoms with Gasteiger partial charge in [0.05, 0.1) is 24.0 Å². The van der Waals surface area contributed by atoms with Crippen LogP contribution in [0, 0.1) is 28.6 Å². The first-order valence-electron chi connectivity index (χ1n) is 13.1. The van der Waals surface area contributed by atoms with E-state index in [-0.39, 0.29) is 11.9 Å². The minimum Gasteiger partial charge on any atom is -0.465 e. The van der Waals surface area contributed by atoms with Crippen molar-refractivity contribution in [2.75, 3.05) is 13.2 Å². The average Bonchev–Trinajstić information content (AvgIpc) is 3.00. The van der Waals surface area contributed by atoms with E-state index in [0.717, 1.165) is 51.4 Å². The highest BCUT2D eigenvalue weighted by molar-refractivity contribution is 5.82. The second-order valence-corrected chi connectivity index (χ2v) is 10.9. The number of rotatable bonds is 13. The molecule has 3 rings (SSSR count). The highest BCUT2D eigenvalue weighted by Gasteiger charge is 2.64. The van der Waals surface area contributed by atoms with Crippen molar-refractivity contribution in [1.29, 1.82) is 0 Å². The molecule has 0 heterocycles. The van der Waals surface area contributed by atoms with Crippen LogP contribution in [-0.4, -0.2) is 25.2 Å². The Kier molecular flexibility index (Phi) is 9.05. The minimum atomic E-state index is -0.580. The molecule has 5 atom stereocenters. The molecular weight excluding hydrogens is 400 g/mol. The summed E-state index contributed by atoms with van der Waals surface area (Å²) in [4.78, 5) is 26.5. The van der Waals surface area contributed by atoms with Gasteiger partial charge in [0.1, 0.15) is 0 Å². The summed E-state index contributed by atoms with van der Waals surface area (Å²) in [5.74, 6) is 1.65. The molecule has 0 aromatic carbocycles. The van der Waals surface area contributed by atoms with E-state index >= 15 is 0 Å². The lowest BCUT2D eigenvalue weighted by atomic mass is 9.59. The van der Waals surface area contributed by atoms with Crippen LogP contribution in [0.2, 0.25) is 0 Å². The molecule has 0 spiro atoms. The van der Waals surface area contributed by atoms with Gasteiger partial charge in [0.15, 0.2) is 0 Å². The molecule has 3 fully saturated rings. The van der Waals surface area contributed by atoms with Crippen LogP contribution in [0.4, 0.5) is 0 Å². The van der Waals surface area contributed by atoms with E-state index < -0.39 is 10.8 Å². The van der Waals surface area contributed by atoms with Crippen molar-refractivity contribution in [2.45, 2.75) is 104 Å². The lowest BCUT2D eigenvalue weighted by Crippen LogP contribution is -2.44. The van der Waals surface area contributed by atoms with E-state index in [0.29, 0.717) is 37.4 Å². The maximum atomic E-state index is 13.3. The third-order valence-electron chi connectivity index (χ3n) is 8.20. The van der Waals surface area contributed by atoms with E-state index in [1.54, 1.807) is 0 Å². The fourth-order valence-corrected chi connectivity index (χ4v) is 6.63. The van der Waals surface area contributed by atoms with Crippen LogP contribution >= 0.6 is 0 Å². The van der Waals surface area contributed by atoms with E-state index in [1.807, 2.05) is 26.0 Å². The lowest BCUT2D eigenvalue weighted by molar-refractivity contribution is -0.166. The summed E-state index contributed by atoms with van der Waals surface area (Å²) in [6.45, 7) is 7.15. The molecule has 0 aromatic heterocycles. The monoisotopic (exact) mass is 444 g/mol. The van der Waals surface area contributed by atoms with Gasteiger partial charge in [-0.05, 0) is 95.1 Å². The normalized spacial score (nSPS) is 32.3. The number of carbonyl (C=O) groups is 2. The molecule has 4 nitrogen and oxygen atoms in total. The molecule has 3 aliphatic carbocycles. The van der Waals surface area contributed by atoms with Crippen LogP contribution in [0.1, 0.15) is 104 Å². The molecule has 4 heteroatoms. The number of carbonyl (C=O) groups excluding carboxylic acids is 2. The van der Waals surface area contributed by atoms with Crippen LogP contribution in [0.15, 0.2) is 17.9 Å². The maximum Gasteiger partial charge on any atom is 0.312 e. The first-order valence-corrected chi connectivity index (χ1v) is 13.1. The number of allylic oxidation sites excluding steroid dienone is 1. The van der Waals surface area contributed by atoms with Gasteiger partial charge in [0.2, 0.25) is 0 Å². The summed E-state index contributed by atoms with van der Waals surface area (Å²) in [5, 5.41) is 0. The summed E-state index contributed by atoms with van der Waals surface area (Å²) in [7, 11) is 0. The van der Waals surface area contributed by atoms with E-state index in [4.69, 9.17) is 9.47 Å². The molecule has 32 heavy (non-hydrogen) atoms. The molecule has 0 N–H and O–H groups in total. The third kappa shape index (κ3) is 5.87. The van der Waals surface area contributed by atoms with Gasteiger partial charge in [-0.3, -0.25) is 9.59 Å². The Morgan fingerprint density at radius 3 is 2.41 bits per heavy atom. The molecule has 0 aliphatic heterocycles. The second-order valence-electron chi connectivity index (χ2n) is 10.9. The first kappa shape index (κ1) is 25.1. The summed E-state index contributed by atoms with van der Waals surface area (Å²) in [6.07, 6.45) is 17.0. The van der Waals surface area contributed by atoms with Crippen molar-refractivity contribution in [3.8, 4) is 0 Å². The smallest absolute Gasteiger partial charge is 0.312 e. The van der Waals surface area contributed by atoms with Crippen molar-refractivity contribution in [3.05, 3.63) is 17.9 Å². The van der Waals surface area contributed by atoms with Crippen molar-refractivity contribution in [1.82, 2.24) is 0 Å². The van der Waals surface area contributed by atoms with Crippen LogP contribution in [-0.2, 0) is 19.1 Å². The molecule has 3 aliphatic rings. The Morgan fingerprint density at radius 1 is 0.938 bits per heavy atom. The Hall–Kier alpha value is -1.54. The van der Waals surface area contributed by atoms with Gasteiger partial charge in [-0.1, -0.05) is 39.0 Å². The zero-order valence-electron chi connectivity index (χ0n) is 20.6. The number of hydrogen-bond acceptors (Lipinski definition) is 4. The van der Waals surface area contributed by atoms with Gasteiger partial charge < -0.3 is 9.47 Å². The molecule has 0 saturated heterocycles. The van der Waals surface area contributed by atoms with Crippen LogP contribution < -0.4 is 0 Å². The highest BCUT2D eigenvalue weighted by Crippen LogP contribution is 2.67. The summed E-state index contributed by atoms with van der Waals surface area (Å²) < 4.78 is 11.5. The van der Waals surface area contributed by atoms with E-state index in [9.17, 15) is 9.59 Å². The molecule has 3 saturated carbocycles. The quantitative estimate of drug-likeness (QED) is 0.178. The summed E-state index contributed by atoms with van der Waals surface area (Å²) in [5.41, 5.74) is 1.99.